The summed E-state index contributed by atoms with van der Waals surface area (Å²) in [5.41, 5.74) is 3.19. The number of imide groups is 2. The fourth-order valence-corrected chi connectivity index (χ4v) is 4.18. The van der Waals surface area contributed by atoms with Gasteiger partial charge in [-0.3, -0.25) is 19.8 Å². The van der Waals surface area contributed by atoms with Gasteiger partial charge in [0.25, 0.3) is 11.8 Å². The molecule has 4 rings (SSSR count). The monoisotopic (exact) mass is 558 g/mol. The van der Waals surface area contributed by atoms with Crippen molar-refractivity contribution in [2.45, 2.75) is 40.3 Å². The van der Waals surface area contributed by atoms with Crippen LogP contribution in [0.5, 0.6) is 23.0 Å². The number of aryl methyl sites for hydroxylation is 1. The molecule has 0 bridgehead atoms. The van der Waals surface area contributed by atoms with E-state index in [2.05, 4.69) is 5.32 Å². The van der Waals surface area contributed by atoms with Gasteiger partial charge < -0.3 is 18.9 Å². The fourth-order valence-electron chi connectivity index (χ4n) is 4.18. The van der Waals surface area contributed by atoms with Gasteiger partial charge in [-0.1, -0.05) is 48.9 Å². The molecule has 1 fully saturated rings. The van der Waals surface area contributed by atoms with Crippen molar-refractivity contribution in [1.29, 1.82) is 0 Å². The van der Waals surface area contributed by atoms with Crippen LogP contribution in [0.3, 0.4) is 0 Å². The maximum absolute atomic E-state index is 13.3. The van der Waals surface area contributed by atoms with Crippen molar-refractivity contribution in [3.63, 3.8) is 0 Å². The zero-order chi connectivity index (χ0) is 29.4. The van der Waals surface area contributed by atoms with Crippen LogP contribution >= 0.6 is 0 Å². The van der Waals surface area contributed by atoms with Crippen LogP contribution in [0.15, 0.2) is 66.2 Å². The maximum atomic E-state index is 13.3. The molecule has 1 heterocycles. The van der Waals surface area contributed by atoms with Crippen LogP contribution in [-0.4, -0.2) is 43.1 Å². The van der Waals surface area contributed by atoms with Gasteiger partial charge in [0.2, 0.25) is 0 Å². The van der Waals surface area contributed by atoms with Gasteiger partial charge in [0, 0.05) is 0 Å². The van der Waals surface area contributed by atoms with Crippen molar-refractivity contribution < 1.29 is 33.3 Å². The van der Waals surface area contributed by atoms with Crippen LogP contribution in [0, 0.1) is 6.92 Å². The Kier molecular flexibility index (Phi) is 9.63. The molecule has 4 amide bonds. The van der Waals surface area contributed by atoms with E-state index >= 15 is 0 Å². The summed E-state index contributed by atoms with van der Waals surface area (Å²) in [5, 5.41) is 2.26. The van der Waals surface area contributed by atoms with Gasteiger partial charge in [-0.15, -0.1) is 0 Å². The summed E-state index contributed by atoms with van der Waals surface area (Å²) in [7, 11) is 1.52. The summed E-state index contributed by atoms with van der Waals surface area (Å²) in [5.74, 6) is 0.589. The van der Waals surface area contributed by atoms with Gasteiger partial charge in [-0.2, -0.15) is 0 Å². The first-order chi connectivity index (χ1) is 19.8. The number of hydrogen-bond acceptors (Lipinski definition) is 7. The number of hydrogen-bond donors (Lipinski definition) is 1. The minimum Gasteiger partial charge on any atom is -0.493 e. The quantitative estimate of drug-likeness (QED) is 0.233. The van der Waals surface area contributed by atoms with E-state index in [4.69, 9.17) is 18.9 Å². The van der Waals surface area contributed by atoms with Crippen molar-refractivity contribution >= 4 is 23.9 Å². The molecule has 0 aromatic heterocycles. The largest absolute Gasteiger partial charge is 0.493 e. The highest BCUT2D eigenvalue weighted by molar-refractivity contribution is 6.30. The number of benzene rings is 3. The summed E-state index contributed by atoms with van der Waals surface area (Å²) < 4.78 is 22.9. The van der Waals surface area contributed by atoms with Crippen LogP contribution < -0.4 is 24.3 Å². The number of amides is 4. The predicted octanol–water partition coefficient (Wildman–Crippen LogP) is 5.43. The third-order valence-corrected chi connectivity index (χ3v) is 6.31. The minimum absolute atomic E-state index is 0.0598. The molecular weight excluding hydrogens is 524 g/mol. The Hall–Kier alpha value is -4.79. The molecule has 0 atom stereocenters. The van der Waals surface area contributed by atoms with Crippen LogP contribution in [0.4, 0.5) is 4.79 Å². The molecule has 1 N–H and O–H groups in total. The van der Waals surface area contributed by atoms with Gasteiger partial charge in [-0.05, 0) is 67.3 Å². The molecule has 9 heteroatoms. The second kappa shape index (κ2) is 13.5. The molecule has 3 aromatic rings. The van der Waals surface area contributed by atoms with Gasteiger partial charge >= 0.3 is 6.03 Å². The average Bonchev–Trinajstić information content (AvgIpc) is 2.97. The molecule has 214 valence electrons. The summed E-state index contributed by atoms with van der Waals surface area (Å²) in [4.78, 5) is 39.6. The van der Waals surface area contributed by atoms with Crippen LogP contribution in [0.2, 0.25) is 0 Å². The molecule has 0 spiro atoms. The van der Waals surface area contributed by atoms with E-state index in [-0.39, 0.29) is 12.1 Å². The van der Waals surface area contributed by atoms with Crippen molar-refractivity contribution in [3.8, 4) is 23.0 Å². The number of methoxy groups -OCH3 is 1. The Bertz CT molecular complexity index is 1450. The molecule has 0 aliphatic carbocycles. The van der Waals surface area contributed by atoms with E-state index in [1.165, 1.54) is 13.2 Å². The van der Waals surface area contributed by atoms with Crippen LogP contribution in [-0.2, 0) is 22.7 Å². The van der Waals surface area contributed by atoms with Gasteiger partial charge in [-0.25, -0.2) is 4.79 Å². The Morgan fingerprint density at radius 1 is 0.805 bits per heavy atom. The van der Waals surface area contributed by atoms with E-state index in [1.54, 1.807) is 36.4 Å². The lowest BCUT2D eigenvalue weighted by atomic mass is 10.1. The standard InChI is InChI=1S/C32H34N2O7/c1-5-15-40-26-14-12-24(18-28(26)38-4)19-34-31(36)25(30(35)33-32(34)37)16-23-11-13-27(29(17-23)39-6-2)41-20-22-9-7-21(3)8-10-22/h7-14,16-18H,5-6,15,19-20H2,1-4H3,(H,33,35,37)/b25-16+. The highest BCUT2D eigenvalue weighted by atomic mass is 16.5. The van der Waals surface area contributed by atoms with E-state index in [0.717, 1.165) is 22.4 Å². The fraction of sp³-hybridized carbons (Fsp3) is 0.281. The first kappa shape index (κ1) is 29.2. The Balaban J connectivity index is 1.54. The third-order valence-electron chi connectivity index (χ3n) is 6.31. The molecule has 9 nitrogen and oxygen atoms in total. The van der Waals surface area contributed by atoms with Crippen molar-refractivity contribution in [1.82, 2.24) is 10.2 Å². The molecule has 0 unspecified atom stereocenters. The summed E-state index contributed by atoms with van der Waals surface area (Å²) in [6.45, 7) is 7.10. The predicted molar refractivity (Wildman–Crippen MR) is 154 cm³/mol. The highest BCUT2D eigenvalue weighted by Gasteiger charge is 2.36. The lowest BCUT2D eigenvalue weighted by Crippen LogP contribution is -2.53. The molecule has 0 radical (unpaired) electrons. The third kappa shape index (κ3) is 7.25. The summed E-state index contributed by atoms with van der Waals surface area (Å²) >= 11 is 0. The number of barbiturate groups is 1. The molecule has 1 aliphatic heterocycles. The van der Waals surface area contributed by atoms with E-state index in [0.29, 0.717) is 53.9 Å². The molecule has 1 aliphatic rings. The lowest BCUT2D eigenvalue weighted by Gasteiger charge is -2.26. The van der Waals surface area contributed by atoms with Gasteiger partial charge in [0.1, 0.15) is 12.2 Å². The number of carbonyl (C=O) groups excluding carboxylic acids is 3. The summed E-state index contributed by atoms with van der Waals surface area (Å²) in [6, 6.07) is 17.6. The SMILES string of the molecule is CCCOc1ccc(CN2C(=O)NC(=O)/C(=C\c3ccc(OCc4ccc(C)cc4)c(OCC)c3)C2=O)cc1OC. The molecule has 1 saturated heterocycles. The molecule has 3 aromatic carbocycles. The lowest BCUT2D eigenvalue weighted by molar-refractivity contribution is -0.130. The Morgan fingerprint density at radius 3 is 2.22 bits per heavy atom. The Labute approximate surface area is 239 Å². The van der Waals surface area contributed by atoms with E-state index < -0.39 is 17.8 Å². The molecular formula is C32H34N2O7. The van der Waals surface area contributed by atoms with E-state index in [1.807, 2.05) is 45.0 Å². The van der Waals surface area contributed by atoms with Crippen molar-refractivity contribution in [2.75, 3.05) is 20.3 Å². The maximum Gasteiger partial charge on any atom is 0.331 e. The van der Waals surface area contributed by atoms with Crippen molar-refractivity contribution in [3.05, 3.63) is 88.5 Å². The minimum atomic E-state index is -0.794. The zero-order valence-corrected chi connectivity index (χ0v) is 23.7. The molecule has 41 heavy (non-hydrogen) atoms. The second-order valence-electron chi connectivity index (χ2n) is 9.46. The first-order valence-electron chi connectivity index (χ1n) is 13.5. The van der Waals surface area contributed by atoms with Gasteiger partial charge in [0.05, 0.1) is 26.9 Å². The zero-order valence-electron chi connectivity index (χ0n) is 23.7. The topological polar surface area (TPSA) is 103 Å². The van der Waals surface area contributed by atoms with Gasteiger partial charge in [0.15, 0.2) is 23.0 Å². The smallest absolute Gasteiger partial charge is 0.331 e. The highest BCUT2D eigenvalue weighted by Crippen LogP contribution is 2.32. The molecule has 0 saturated carbocycles. The van der Waals surface area contributed by atoms with E-state index in [9.17, 15) is 14.4 Å². The Morgan fingerprint density at radius 2 is 1.51 bits per heavy atom. The average molecular weight is 559 g/mol. The number of nitrogens with zero attached hydrogens (tertiary/aromatic N) is 1. The summed E-state index contributed by atoms with van der Waals surface area (Å²) in [6.07, 6.45) is 2.28. The second-order valence-corrected chi connectivity index (χ2v) is 9.46. The van der Waals surface area contributed by atoms with Crippen LogP contribution in [0.1, 0.15) is 42.5 Å². The normalized spacial score (nSPS) is 14.2. The first-order valence-corrected chi connectivity index (χ1v) is 13.5. The number of urea groups is 1. The van der Waals surface area contributed by atoms with Crippen LogP contribution in [0.25, 0.3) is 6.08 Å². The van der Waals surface area contributed by atoms with Crippen molar-refractivity contribution in [2.24, 2.45) is 0 Å². The number of rotatable bonds is 12. The number of nitrogens with one attached hydrogen (secondary N) is 1. The number of carbonyl (C=O) groups is 3. The number of ether oxygens (including phenoxy) is 4.